The fourth-order valence-electron chi connectivity index (χ4n) is 4.33. The molecule has 1 saturated heterocycles. The molecule has 0 spiro atoms. The fraction of sp³-hybridized carbons (Fsp3) is 0.292. The molecule has 4 aromatic rings. The van der Waals surface area contributed by atoms with Gasteiger partial charge in [0.2, 0.25) is 0 Å². The molecule has 9 heteroatoms. The molecule has 5 rings (SSSR count). The third-order valence-electron chi connectivity index (χ3n) is 6.36. The second kappa shape index (κ2) is 8.68. The summed E-state index contributed by atoms with van der Waals surface area (Å²) in [6, 6.07) is 8.19. The van der Waals surface area contributed by atoms with Crippen molar-refractivity contribution in [1.82, 2.24) is 25.1 Å². The summed E-state index contributed by atoms with van der Waals surface area (Å²) in [6.45, 7) is 2.15. The third-order valence-corrected chi connectivity index (χ3v) is 6.65. The van der Waals surface area contributed by atoms with Gasteiger partial charge in [0.25, 0.3) is 0 Å². The number of aromatic amines is 1. The number of halogens is 3. The maximum Gasteiger partial charge on any atom is 0.144 e. The van der Waals surface area contributed by atoms with Crippen LogP contribution in [0.5, 0.6) is 0 Å². The highest BCUT2D eigenvalue weighted by Crippen LogP contribution is 2.34. The van der Waals surface area contributed by atoms with Crippen LogP contribution < -0.4 is 4.90 Å². The van der Waals surface area contributed by atoms with Crippen LogP contribution in [0.4, 0.5) is 14.5 Å². The molecule has 0 amide bonds. The van der Waals surface area contributed by atoms with Crippen LogP contribution >= 0.6 is 11.6 Å². The van der Waals surface area contributed by atoms with Gasteiger partial charge < -0.3 is 9.80 Å². The van der Waals surface area contributed by atoms with E-state index in [2.05, 4.69) is 39.1 Å². The Morgan fingerprint density at radius 2 is 1.82 bits per heavy atom. The molecule has 0 atom stereocenters. The highest BCUT2D eigenvalue weighted by Gasteiger charge is 2.22. The van der Waals surface area contributed by atoms with Crippen molar-refractivity contribution in [3.05, 3.63) is 59.4 Å². The lowest BCUT2D eigenvalue weighted by Crippen LogP contribution is -2.42. The van der Waals surface area contributed by atoms with Gasteiger partial charge in [-0.15, -0.1) is 0 Å². The number of likely N-dealkylation sites (tertiary alicyclic amines) is 1. The minimum atomic E-state index is -0.810. The molecule has 6 nitrogen and oxygen atoms in total. The Labute approximate surface area is 195 Å². The van der Waals surface area contributed by atoms with E-state index >= 15 is 0 Å². The predicted octanol–water partition coefficient (Wildman–Crippen LogP) is 5.15. The first kappa shape index (κ1) is 21.7. The zero-order valence-electron chi connectivity index (χ0n) is 18.3. The number of piperidine rings is 1. The number of rotatable bonds is 4. The summed E-state index contributed by atoms with van der Waals surface area (Å²) in [5, 5.41) is 6.70. The Balaban J connectivity index is 1.51. The SMILES string of the molecule is CN1CCC(N(C)c2cnc3ccc(-c4cn[nH]c4-c4cc(Cl)c(F)cc4F)nc3c2)CC1. The Bertz CT molecular complexity index is 1320. The van der Waals surface area contributed by atoms with Crippen LogP contribution in [0.15, 0.2) is 42.7 Å². The van der Waals surface area contributed by atoms with Gasteiger partial charge in [-0.3, -0.25) is 10.1 Å². The molecular weight excluding hydrogens is 446 g/mol. The number of H-pyrrole nitrogens is 1. The summed E-state index contributed by atoms with van der Waals surface area (Å²) in [4.78, 5) is 14.0. The Morgan fingerprint density at radius 1 is 1.03 bits per heavy atom. The van der Waals surface area contributed by atoms with Crippen LogP contribution in [0.1, 0.15) is 12.8 Å². The van der Waals surface area contributed by atoms with Gasteiger partial charge >= 0.3 is 0 Å². The maximum absolute atomic E-state index is 14.5. The van der Waals surface area contributed by atoms with Gasteiger partial charge in [-0.1, -0.05) is 11.6 Å². The lowest BCUT2D eigenvalue weighted by molar-refractivity contribution is 0.253. The van der Waals surface area contributed by atoms with E-state index in [9.17, 15) is 8.78 Å². The molecule has 0 bridgehead atoms. The highest BCUT2D eigenvalue weighted by molar-refractivity contribution is 6.31. The van der Waals surface area contributed by atoms with E-state index in [1.165, 1.54) is 6.07 Å². The predicted molar refractivity (Wildman–Crippen MR) is 126 cm³/mol. The number of anilines is 1. The number of nitrogens with one attached hydrogen (secondary N) is 1. The van der Waals surface area contributed by atoms with E-state index in [1.807, 2.05) is 24.4 Å². The molecule has 0 saturated carbocycles. The maximum atomic E-state index is 14.5. The lowest BCUT2D eigenvalue weighted by atomic mass is 10.0. The first-order valence-corrected chi connectivity index (χ1v) is 11.2. The van der Waals surface area contributed by atoms with Gasteiger partial charge in [-0.05, 0) is 57.2 Å². The average Bonchev–Trinajstić information content (AvgIpc) is 3.30. The fourth-order valence-corrected chi connectivity index (χ4v) is 4.50. The molecule has 0 aliphatic carbocycles. The van der Waals surface area contributed by atoms with Crippen LogP contribution in [0.25, 0.3) is 33.5 Å². The highest BCUT2D eigenvalue weighted by atomic mass is 35.5. The van der Waals surface area contributed by atoms with E-state index in [0.29, 0.717) is 23.0 Å². The molecule has 170 valence electrons. The van der Waals surface area contributed by atoms with E-state index < -0.39 is 11.6 Å². The average molecular weight is 469 g/mol. The molecule has 33 heavy (non-hydrogen) atoms. The smallest absolute Gasteiger partial charge is 0.144 e. The van der Waals surface area contributed by atoms with Crippen molar-refractivity contribution >= 4 is 28.3 Å². The van der Waals surface area contributed by atoms with Gasteiger partial charge in [0.1, 0.15) is 11.6 Å². The summed E-state index contributed by atoms with van der Waals surface area (Å²) in [7, 11) is 4.24. The third kappa shape index (κ3) is 4.16. The Morgan fingerprint density at radius 3 is 2.61 bits per heavy atom. The van der Waals surface area contributed by atoms with E-state index in [4.69, 9.17) is 16.6 Å². The number of fused-ring (bicyclic) bond motifs is 1. The number of hydrogen-bond acceptors (Lipinski definition) is 5. The first-order valence-electron chi connectivity index (χ1n) is 10.8. The van der Waals surface area contributed by atoms with Crippen LogP contribution in [0.2, 0.25) is 5.02 Å². The number of aromatic nitrogens is 4. The summed E-state index contributed by atoms with van der Waals surface area (Å²) in [6.07, 6.45) is 5.65. The van der Waals surface area contributed by atoms with Crippen molar-refractivity contribution in [2.45, 2.75) is 18.9 Å². The number of pyridine rings is 2. The Kier molecular flexibility index (Phi) is 5.72. The lowest BCUT2D eigenvalue weighted by Gasteiger charge is -2.36. The molecule has 4 heterocycles. The molecule has 1 aliphatic heterocycles. The topological polar surface area (TPSA) is 60.9 Å². The van der Waals surface area contributed by atoms with Crippen LogP contribution in [0, 0.1) is 11.6 Å². The molecule has 3 aromatic heterocycles. The van der Waals surface area contributed by atoms with Crippen molar-refractivity contribution < 1.29 is 8.78 Å². The second-order valence-electron chi connectivity index (χ2n) is 8.48. The van der Waals surface area contributed by atoms with Crippen LogP contribution in [-0.4, -0.2) is 58.3 Å². The molecular formula is C24H23ClF2N6. The summed E-state index contributed by atoms with van der Waals surface area (Å²) in [5.74, 6) is -1.54. The van der Waals surface area contributed by atoms with E-state index in [-0.39, 0.29) is 10.6 Å². The van der Waals surface area contributed by atoms with Crippen molar-refractivity contribution in [3.8, 4) is 22.5 Å². The number of benzene rings is 1. The zero-order valence-corrected chi connectivity index (χ0v) is 19.1. The molecule has 1 aliphatic rings. The number of nitrogens with zero attached hydrogens (tertiary/aromatic N) is 5. The first-order chi connectivity index (χ1) is 15.9. The normalized spacial score (nSPS) is 15.3. The minimum Gasteiger partial charge on any atom is -0.370 e. The van der Waals surface area contributed by atoms with Crippen molar-refractivity contribution in [2.24, 2.45) is 0 Å². The quantitative estimate of drug-likeness (QED) is 0.420. The van der Waals surface area contributed by atoms with Gasteiger partial charge in [0.15, 0.2) is 0 Å². The molecule has 0 radical (unpaired) electrons. The summed E-state index contributed by atoms with van der Waals surface area (Å²) >= 11 is 5.89. The zero-order chi connectivity index (χ0) is 23.1. The van der Waals surface area contributed by atoms with Gasteiger partial charge in [0, 0.05) is 30.3 Å². The minimum absolute atomic E-state index is 0.129. The van der Waals surface area contributed by atoms with Crippen molar-refractivity contribution in [2.75, 3.05) is 32.1 Å². The molecule has 0 unspecified atom stereocenters. The molecule has 1 N–H and O–H groups in total. The van der Waals surface area contributed by atoms with Gasteiger partial charge in [-0.25, -0.2) is 13.8 Å². The molecule has 1 fully saturated rings. The Hall–Kier alpha value is -3.10. The largest absolute Gasteiger partial charge is 0.370 e. The second-order valence-corrected chi connectivity index (χ2v) is 8.89. The summed E-state index contributed by atoms with van der Waals surface area (Å²) in [5.41, 5.74) is 4.21. The van der Waals surface area contributed by atoms with Crippen LogP contribution in [-0.2, 0) is 0 Å². The van der Waals surface area contributed by atoms with Crippen molar-refractivity contribution in [3.63, 3.8) is 0 Å². The van der Waals surface area contributed by atoms with Gasteiger partial charge in [-0.2, -0.15) is 5.10 Å². The monoisotopic (exact) mass is 468 g/mol. The number of hydrogen-bond donors (Lipinski definition) is 1. The molecule has 1 aromatic carbocycles. The van der Waals surface area contributed by atoms with Crippen LogP contribution in [0.3, 0.4) is 0 Å². The summed E-state index contributed by atoms with van der Waals surface area (Å²) < 4.78 is 28.1. The standard InChI is InChI=1S/C24H23ClF2N6/c1-32-7-5-14(6-8-32)33(2)15-9-23-22(28-12-15)4-3-21(30-23)17-13-29-31-24(17)16-10-18(25)20(27)11-19(16)26/h3-4,9-14H,5-8H2,1-2H3,(H,29,31). The van der Waals surface area contributed by atoms with Gasteiger partial charge in [0.05, 0.1) is 45.5 Å². The van der Waals surface area contributed by atoms with Crippen molar-refractivity contribution in [1.29, 1.82) is 0 Å². The van der Waals surface area contributed by atoms with E-state index in [1.54, 1.807) is 6.20 Å². The van der Waals surface area contributed by atoms with E-state index in [0.717, 1.165) is 48.7 Å².